The third kappa shape index (κ3) is 2.07. The number of fused-ring (bicyclic) bond motifs is 1. The van der Waals surface area contributed by atoms with Gasteiger partial charge in [-0.1, -0.05) is 5.21 Å². The van der Waals surface area contributed by atoms with E-state index in [1.54, 1.807) is 6.07 Å². The second-order valence-electron chi connectivity index (χ2n) is 4.64. The average molecular weight is 242 g/mol. The Morgan fingerprint density at radius 2 is 2.22 bits per heavy atom. The maximum Gasteiger partial charge on any atom is 0.114 e. The standard InChI is InChI=1S/C13H14N4O/c14-8-11-1-2-13-12(7-11)15-16-17(13)9-10-3-5-18-6-4-10/h1-2,7,10H,3-6,9H2. The van der Waals surface area contributed by atoms with E-state index in [2.05, 4.69) is 16.4 Å². The number of ether oxygens (including phenoxy) is 1. The molecule has 5 nitrogen and oxygen atoms in total. The fraction of sp³-hybridized carbons (Fsp3) is 0.462. The van der Waals surface area contributed by atoms with Gasteiger partial charge >= 0.3 is 0 Å². The second kappa shape index (κ2) is 4.75. The van der Waals surface area contributed by atoms with Crippen molar-refractivity contribution in [2.45, 2.75) is 19.4 Å². The van der Waals surface area contributed by atoms with Crippen molar-refractivity contribution in [3.05, 3.63) is 23.8 Å². The van der Waals surface area contributed by atoms with Crippen LogP contribution < -0.4 is 0 Å². The zero-order chi connectivity index (χ0) is 12.4. The van der Waals surface area contributed by atoms with E-state index in [1.807, 2.05) is 16.8 Å². The first-order valence-corrected chi connectivity index (χ1v) is 6.18. The van der Waals surface area contributed by atoms with Gasteiger partial charge in [0.05, 0.1) is 17.1 Å². The van der Waals surface area contributed by atoms with Gasteiger partial charge in [-0.15, -0.1) is 5.10 Å². The zero-order valence-electron chi connectivity index (χ0n) is 10.0. The largest absolute Gasteiger partial charge is 0.381 e. The molecule has 2 heterocycles. The molecule has 0 amide bonds. The first-order chi connectivity index (χ1) is 8.86. The molecule has 0 saturated carbocycles. The van der Waals surface area contributed by atoms with Crippen LogP contribution in [-0.2, 0) is 11.3 Å². The lowest BCUT2D eigenvalue weighted by Crippen LogP contribution is -2.20. The van der Waals surface area contributed by atoms with Crippen LogP contribution in [0.3, 0.4) is 0 Å². The SMILES string of the molecule is N#Cc1ccc2c(c1)nnn2CC1CCOCC1. The van der Waals surface area contributed by atoms with Crippen LogP contribution in [0.1, 0.15) is 18.4 Å². The van der Waals surface area contributed by atoms with Crippen molar-refractivity contribution in [1.29, 1.82) is 5.26 Å². The summed E-state index contributed by atoms with van der Waals surface area (Å²) in [5, 5.41) is 17.2. The summed E-state index contributed by atoms with van der Waals surface area (Å²) in [5.41, 5.74) is 2.42. The Kier molecular flexibility index (Phi) is 2.95. The van der Waals surface area contributed by atoms with Crippen molar-refractivity contribution < 1.29 is 4.74 Å². The van der Waals surface area contributed by atoms with Crippen molar-refractivity contribution in [2.24, 2.45) is 5.92 Å². The maximum atomic E-state index is 8.85. The smallest absolute Gasteiger partial charge is 0.114 e. The lowest BCUT2D eigenvalue weighted by Gasteiger charge is -2.21. The van der Waals surface area contributed by atoms with Crippen LogP contribution in [0.4, 0.5) is 0 Å². The Bertz CT molecular complexity index is 593. The predicted molar refractivity (Wildman–Crippen MR) is 65.8 cm³/mol. The number of aromatic nitrogens is 3. The van der Waals surface area contributed by atoms with Crippen LogP contribution in [-0.4, -0.2) is 28.2 Å². The molecule has 1 fully saturated rings. The number of hydrogen-bond acceptors (Lipinski definition) is 4. The van der Waals surface area contributed by atoms with Crippen molar-refractivity contribution in [3.63, 3.8) is 0 Å². The molecule has 3 rings (SSSR count). The summed E-state index contributed by atoms with van der Waals surface area (Å²) in [5.74, 6) is 0.610. The highest BCUT2D eigenvalue weighted by Gasteiger charge is 2.16. The molecule has 1 aromatic heterocycles. The minimum Gasteiger partial charge on any atom is -0.381 e. The Balaban J connectivity index is 1.86. The summed E-state index contributed by atoms with van der Waals surface area (Å²) >= 11 is 0. The molecule has 0 radical (unpaired) electrons. The molecule has 0 aliphatic carbocycles. The highest BCUT2D eigenvalue weighted by atomic mass is 16.5. The van der Waals surface area contributed by atoms with Gasteiger partial charge in [0, 0.05) is 19.8 Å². The Morgan fingerprint density at radius 1 is 1.39 bits per heavy atom. The van der Waals surface area contributed by atoms with Crippen LogP contribution in [0.25, 0.3) is 11.0 Å². The van der Waals surface area contributed by atoms with E-state index in [0.29, 0.717) is 11.5 Å². The van der Waals surface area contributed by atoms with Crippen molar-refractivity contribution in [1.82, 2.24) is 15.0 Å². The third-order valence-corrected chi connectivity index (χ3v) is 3.42. The van der Waals surface area contributed by atoms with E-state index in [4.69, 9.17) is 10.00 Å². The Hall–Kier alpha value is -1.93. The highest BCUT2D eigenvalue weighted by Crippen LogP contribution is 2.19. The summed E-state index contributed by atoms with van der Waals surface area (Å²) < 4.78 is 7.29. The average Bonchev–Trinajstić information content (AvgIpc) is 2.82. The number of benzene rings is 1. The van der Waals surface area contributed by atoms with Gasteiger partial charge in [0.25, 0.3) is 0 Å². The maximum absolute atomic E-state index is 8.85. The van der Waals surface area contributed by atoms with Gasteiger partial charge in [-0.3, -0.25) is 0 Å². The first-order valence-electron chi connectivity index (χ1n) is 6.18. The summed E-state index contributed by atoms with van der Waals surface area (Å²) in [6, 6.07) is 7.63. The van der Waals surface area contributed by atoms with Gasteiger partial charge in [-0.25, -0.2) is 4.68 Å². The quantitative estimate of drug-likeness (QED) is 0.804. The van der Waals surface area contributed by atoms with Crippen LogP contribution >= 0.6 is 0 Å². The molecule has 1 aliphatic heterocycles. The van der Waals surface area contributed by atoms with Gasteiger partial charge in [0.2, 0.25) is 0 Å². The topological polar surface area (TPSA) is 63.7 Å². The van der Waals surface area contributed by atoms with E-state index in [-0.39, 0.29) is 0 Å². The Labute approximate surface area is 105 Å². The molecule has 92 valence electrons. The van der Waals surface area contributed by atoms with E-state index in [9.17, 15) is 0 Å². The van der Waals surface area contributed by atoms with Crippen molar-refractivity contribution in [3.8, 4) is 6.07 Å². The number of nitrogens with zero attached hydrogens (tertiary/aromatic N) is 4. The molecule has 1 saturated heterocycles. The van der Waals surface area contributed by atoms with Gasteiger partial charge in [-0.2, -0.15) is 5.26 Å². The van der Waals surface area contributed by atoms with Crippen molar-refractivity contribution >= 4 is 11.0 Å². The number of hydrogen-bond donors (Lipinski definition) is 0. The monoisotopic (exact) mass is 242 g/mol. The minimum absolute atomic E-state index is 0.610. The zero-order valence-corrected chi connectivity index (χ0v) is 10.0. The molecule has 0 atom stereocenters. The first kappa shape index (κ1) is 11.2. The fourth-order valence-electron chi connectivity index (χ4n) is 2.35. The summed E-state index contributed by atoms with van der Waals surface area (Å²) in [4.78, 5) is 0. The third-order valence-electron chi connectivity index (χ3n) is 3.42. The molecule has 2 aromatic rings. The summed E-state index contributed by atoms with van der Waals surface area (Å²) in [6.07, 6.45) is 2.16. The second-order valence-corrected chi connectivity index (χ2v) is 4.64. The number of rotatable bonds is 2. The van der Waals surface area contributed by atoms with Gasteiger partial charge in [0.15, 0.2) is 0 Å². The lowest BCUT2D eigenvalue weighted by atomic mass is 10.0. The molecular weight excluding hydrogens is 228 g/mol. The van der Waals surface area contributed by atoms with Crippen LogP contribution in [0.2, 0.25) is 0 Å². The van der Waals surface area contributed by atoms with Crippen LogP contribution in [0, 0.1) is 17.2 Å². The molecule has 5 heteroatoms. The van der Waals surface area contributed by atoms with Crippen LogP contribution in [0.15, 0.2) is 18.2 Å². The van der Waals surface area contributed by atoms with E-state index in [0.717, 1.165) is 43.6 Å². The van der Waals surface area contributed by atoms with Gasteiger partial charge in [0.1, 0.15) is 5.52 Å². The van der Waals surface area contributed by atoms with Gasteiger partial charge < -0.3 is 4.74 Å². The van der Waals surface area contributed by atoms with E-state index >= 15 is 0 Å². The lowest BCUT2D eigenvalue weighted by molar-refractivity contribution is 0.0604. The minimum atomic E-state index is 0.610. The van der Waals surface area contributed by atoms with E-state index < -0.39 is 0 Å². The van der Waals surface area contributed by atoms with Gasteiger partial charge in [-0.05, 0) is 37.0 Å². The molecule has 1 aliphatic rings. The Morgan fingerprint density at radius 3 is 3.00 bits per heavy atom. The van der Waals surface area contributed by atoms with Crippen molar-refractivity contribution in [2.75, 3.05) is 13.2 Å². The van der Waals surface area contributed by atoms with Crippen LogP contribution in [0.5, 0.6) is 0 Å². The molecule has 0 N–H and O–H groups in total. The highest BCUT2D eigenvalue weighted by molar-refractivity contribution is 5.75. The number of nitriles is 1. The summed E-state index contributed by atoms with van der Waals surface area (Å²) in [7, 11) is 0. The molecule has 0 bridgehead atoms. The molecule has 1 aromatic carbocycles. The molecular formula is C13H14N4O. The fourth-order valence-corrected chi connectivity index (χ4v) is 2.35. The summed E-state index contributed by atoms with van der Waals surface area (Å²) in [6.45, 7) is 2.57. The molecule has 0 unspecified atom stereocenters. The molecule has 18 heavy (non-hydrogen) atoms. The normalized spacial score (nSPS) is 16.8. The predicted octanol–water partition coefficient (Wildman–Crippen LogP) is 1.73. The molecule has 0 spiro atoms. The van der Waals surface area contributed by atoms with E-state index in [1.165, 1.54) is 0 Å².